The number of hydrogen-bond donors (Lipinski definition) is 1. The van der Waals surface area contributed by atoms with E-state index in [4.69, 9.17) is 12.2 Å². The van der Waals surface area contributed by atoms with Crippen LogP contribution in [0, 0.1) is 3.57 Å². The van der Waals surface area contributed by atoms with Crippen molar-refractivity contribution in [2.45, 2.75) is 25.6 Å². The summed E-state index contributed by atoms with van der Waals surface area (Å²) in [6, 6.07) is 26.5. The molecule has 3 aromatic carbocycles. The van der Waals surface area contributed by atoms with Gasteiger partial charge in [0, 0.05) is 15.8 Å². The SMILES string of the molecule is O=C(CC1C(=O)N(Cc2ccccc2)C(=S)N1Cc1ccccc1)Nc1ccc(I)cc1. The fourth-order valence-electron chi connectivity index (χ4n) is 3.68. The van der Waals surface area contributed by atoms with Crippen molar-refractivity contribution in [3.63, 3.8) is 0 Å². The van der Waals surface area contributed by atoms with Crippen LogP contribution in [0.1, 0.15) is 17.5 Å². The van der Waals surface area contributed by atoms with E-state index >= 15 is 0 Å². The van der Waals surface area contributed by atoms with E-state index in [0.29, 0.717) is 23.9 Å². The van der Waals surface area contributed by atoms with Crippen LogP contribution in [0.25, 0.3) is 0 Å². The first-order valence-corrected chi connectivity index (χ1v) is 11.8. The molecular formula is C25H22IN3O2S. The first-order valence-electron chi connectivity index (χ1n) is 10.3. The monoisotopic (exact) mass is 555 g/mol. The molecule has 0 bridgehead atoms. The summed E-state index contributed by atoms with van der Waals surface area (Å²) in [6.07, 6.45) is 0.0308. The molecule has 1 N–H and O–H groups in total. The summed E-state index contributed by atoms with van der Waals surface area (Å²) in [7, 11) is 0. The van der Waals surface area contributed by atoms with E-state index in [1.807, 2.05) is 89.8 Å². The maximum absolute atomic E-state index is 13.4. The minimum atomic E-state index is -0.643. The number of halogens is 1. The Bertz CT molecular complexity index is 1110. The molecule has 7 heteroatoms. The topological polar surface area (TPSA) is 52.7 Å². The lowest BCUT2D eigenvalue weighted by molar-refractivity contribution is -0.131. The van der Waals surface area contributed by atoms with Crippen molar-refractivity contribution in [3.05, 3.63) is 99.6 Å². The van der Waals surface area contributed by atoms with E-state index in [0.717, 1.165) is 14.7 Å². The van der Waals surface area contributed by atoms with Gasteiger partial charge in [-0.15, -0.1) is 0 Å². The number of benzene rings is 3. The Balaban J connectivity index is 1.54. The second kappa shape index (κ2) is 10.2. The highest BCUT2D eigenvalue weighted by Crippen LogP contribution is 2.25. The van der Waals surface area contributed by atoms with E-state index in [1.54, 1.807) is 4.90 Å². The van der Waals surface area contributed by atoms with Crippen LogP contribution >= 0.6 is 34.8 Å². The first-order chi connectivity index (χ1) is 15.5. The van der Waals surface area contributed by atoms with E-state index in [-0.39, 0.29) is 18.2 Å². The number of rotatable bonds is 7. The van der Waals surface area contributed by atoms with Crippen LogP contribution in [0.3, 0.4) is 0 Å². The molecule has 0 spiro atoms. The van der Waals surface area contributed by atoms with Crippen LogP contribution < -0.4 is 5.32 Å². The van der Waals surface area contributed by atoms with Gasteiger partial charge in [0.2, 0.25) is 5.91 Å². The van der Waals surface area contributed by atoms with Gasteiger partial charge in [0.05, 0.1) is 13.0 Å². The third-order valence-corrected chi connectivity index (χ3v) is 6.46. The van der Waals surface area contributed by atoms with Crippen molar-refractivity contribution >= 4 is 57.4 Å². The molecule has 2 amide bonds. The Hall–Kier alpha value is -2.78. The van der Waals surface area contributed by atoms with Gasteiger partial charge in [-0.1, -0.05) is 60.7 Å². The molecule has 1 aliphatic heterocycles. The van der Waals surface area contributed by atoms with Crippen LogP contribution in [0.15, 0.2) is 84.9 Å². The molecule has 1 unspecified atom stereocenters. The number of carbonyl (C=O) groups excluding carboxylic acids is 2. The third kappa shape index (κ3) is 5.34. The molecule has 0 aromatic heterocycles. The average Bonchev–Trinajstić information content (AvgIpc) is 3.01. The van der Waals surface area contributed by atoms with Crippen molar-refractivity contribution in [1.29, 1.82) is 0 Å². The fraction of sp³-hybridized carbons (Fsp3) is 0.160. The number of amides is 2. The predicted octanol–water partition coefficient (Wildman–Crippen LogP) is 4.82. The maximum Gasteiger partial charge on any atom is 0.252 e. The summed E-state index contributed by atoms with van der Waals surface area (Å²) < 4.78 is 1.09. The van der Waals surface area contributed by atoms with Crippen molar-refractivity contribution in [2.75, 3.05) is 5.32 Å². The molecule has 3 aromatic rings. The zero-order chi connectivity index (χ0) is 22.5. The molecule has 1 atom stereocenters. The normalized spacial score (nSPS) is 15.8. The predicted molar refractivity (Wildman–Crippen MR) is 138 cm³/mol. The first kappa shape index (κ1) is 22.4. The summed E-state index contributed by atoms with van der Waals surface area (Å²) in [5.74, 6) is -0.362. The quantitative estimate of drug-likeness (QED) is 0.336. The summed E-state index contributed by atoms with van der Waals surface area (Å²) >= 11 is 7.93. The molecule has 4 rings (SSSR count). The van der Waals surface area contributed by atoms with E-state index in [1.165, 1.54) is 0 Å². The van der Waals surface area contributed by atoms with Gasteiger partial charge in [-0.2, -0.15) is 0 Å². The Morgan fingerprint density at radius 1 is 0.875 bits per heavy atom. The molecule has 162 valence electrons. The van der Waals surface area contributed by atoms with Gasteiger partial charge in [0.25, 0.3) is 5.91 Å². The third-order valence-electron chi connectivity index (χ3n) is 5.29. The van der Waals surface area contributed by atoms with Gasteiger partial charge >= 0.3 is 0 Å². The molecular weight excluding hydrogens is 533 g/mol. The average molecular weight is 555 g/mol. The molecule has 0 aliphatic carbocycles. The largest absolute Gasteiger partial charge is 0.332 e. The number of hydrogen-bond acceptors (Lipinski definition) is 3. The summed E-state index contributed by atoms with van der Waals surface area (Å²) in [4.78, 5) is 29.7. The van der Waals surface area contributed by atoms with Gasteiger partial charge in [0.15, 0.2) is 5.11 Å². The number of nitrogens with zero attached hydrogens (tertiary/aromatic N) is 2. The molecule has 5 nitrogen and oxygen atoms in total. The Kier molecular flexibility index (Phi) is 7.16. The fourth-order valence-corrected chi connectivity index (χ4v) is 4.39. The lowest BCUT2D eigenvalue weighted by Crippen LogP contribution is -2.37. The van der Waals surface area contributed by atoms with Crippen molar-refractivity contribution in [1.82, 2.24) is 9.80 Å². The molecule has 1 heterocycles. The molecule has 0 saturated carbocycles. The second-order valence-electron chi connectivity index (χ2n) is 7.58. The minimum Gasteiger partial charge on any atom is -0.332 e. The molecule has 1 fully saturated rings. The summed E-state index contributed by atoms with van der Waals surface area (Å²) in [6.45, 7) is 0.858. The number of nitrogens with one attached hydrogen (secondary N) is 1. The Morgan fingerprint density at radius 2 is 1.44 bits per heavy atom. The molecule has 32 heavy (non-hydrogen) atoms. The number of thiocarbonyl (C=S) groups is 1. The highest BCUT2D eigenvalue weighted by molar-refractivity contribution is 14.1. The Labute approximate surface area is 206 Å². The van der Waals surface area contributed by atoms with Gasteiger partial charge in [-0.25, -0.2) is 0 Å². The van der Waals surface area contributed by atoms with Crippen LogP contribution in [0.2, 0.25) is 0 Å². The summed E-state index contributed by atoms with van der Waals surface area (Å²) in [5.41, 5.74) is 2.73. The lowest BCUT2D eigenvalue weighted by Gasteiger charge is -2.24. The Morgan fingerprint density at radius 3 is 2.03 bits per heavy atom. The summed E-state index contributed by atoms with van der Waals surface area (Å²) in [5, 5.41) is 3.35. The molecule has 0 radical (unpaired) electrons. The van der Waals surface area contributed by atoms with Crippen molar-refractivity contribution in [2.24, 2.45) is 0 Å². The van der Waals surface area contributed by atoms with Gasteiger partial charge in [-0.05, 0) is 70.2 Å². The lowest BCUT2D eigenvalue weighted by atomic mass is 10.1. The van der Waals surface area contributed by atoms with E-state index < -0.39 is 6.04 Å². The van der Waals surface area contributed by atoms with Gasteiger partial charge in [-0.3, -0.25) is 14.5 Å². The molecule has 1 aliphatic rings. The van der Waals surface area contributed by atoms with Crippen LogP contribution in [0.4, 0.5) is 5.69 Å². The van der Waals surface area contributed by atoms with Crippen LogP contribution in [-0.4, -0.2) is 32.8 Å². The number of carbonyl (C=O) groups is 2. The smallest absolute Gasteiger partial charge is 0.252 e. The van der Waals surface area contributed by atoms with Crippen LogP contribution in [-0.2, 0) is 22.7 Å². The molecule has 1 saturated heterocycles. The van der Waals surface area contributed by atoms with Gasteiger partial charge < -0.3 is 10.2 Å². The zero-order valence-corrected chi connectivity index (χ0v) is 20.3. The second-order valence-corrected chi connectivity index (χ2v) is 9.19. The highest BCUT2D eigenvalue weighted by atomic mass is 127. The van der Waals surface area contributed by atoms with E-state index in [2.05, 4.69) is 27.9 Å². The van der Waals surface area contributed by atoms with Crippen molar-refractivity contribution in [3.8, 4) is 0 Å². The minimum absolute atomic E-state index is 0.0308. The van der Waals surface area contributed by atoms with Crippen molar-refractivity contribution < 1.29 is 9.59 Å². The van der Waals surface area contributed by atoms with Gasteiger partial charge in [0.1, 0.15) is 6.04 Å². The highest BCUT2D eigenvalue weighted by Gasteiger charge is 2.43. The zero-order valence-electron chi connectivity index (χ0n) is 17.3. The van der Waals surface area contributed by atoms with E-state index in [9.17, 15) is 9.59 Å². The standard InChI is InChI=1S/C25H22IN3O2S/c26-20-11-13-21(14-12-20)27-23(30)15-22-24(31)29(17-19-9-5-2-6-10-19)25(32)28(22)16-18-7-3-1-4-8-18/h1-14,22H,15-17H2,(H,27,30). The number of anilines is 1. The van der Waals surface area contributed by atoms with Crippen LogP contribution in [0.5, 0.6) is 0 Å². The maximum atomic E-state index is 13.4.